The van der Waals surface area contributed by atoms with Gasteiger partial charge in [-0.05, 0) is 17.7 Å². The van der Waals surface area contributed by atoms with E-state index in [1.165, 1.54) is 12.1 Å². The van der Waals surface area contributed by atoms with Crippen molar-refractivity contribution in [3.63, 3.8) is 0 Å². The molecular weight excluding hydrogens is 296 g/mol. The van der Waals surface area contributed by atoms with Crippen molar-refractivity contribution in [2.24, 2.45) is 0 Å². The summed E-state index contributed by atoms with van der Waals surface area (Å²) in [6.07, 6.45) is -7.63. The molecule has 0 radical (unpaired) electrons. The highest BCUT2D eigenvalue weighted by molar-refractivity contribution is 5.75. The monoisotopic (exact) mass is 314 g/mol. The minimum atomic E-state index is -1.63. The summed E-state index contributed by atoms with van der Waals surface area (Å²) in [4.78, 5) is 11.5. The summed E-state index contributed by atoms with van der Waals surface area (Å²) < 4.78 is 15.0. The maximum absolute atomic E-state index is 11.5. The van der Waals surface area contributed by atoms with Crippen molar-refractivity contribution in [1.82, 2.24) is 0 Å². The van der Waals surface area contributed by atoms with Crippen LogP contribution in [0.3, 0.4) is 0 Å². The number of aliphatic hydroxyl groups excluding tert-OH is 4. The maximum Gasteiger partial charge on any atom is 0.337 e. The molecule has 0 aliphatic carbocycles. The molecule has 22 heavy (non-hydrogen) atoms. The van der Waals surface area contributed by atoms with E-state index in [-0.39, 0.29) is 6.61 Å². The fourth-order valence-electron chi connectivity index (χ4n) is 2.06. The van der Waals surface area contributed by atoms with Gasteiger partial charge in [-0.1, -0.05) is 12.1 Å². The van der Waals surface area contributed by atoms with Crippen molar-refractivity contribution in [1.29, 1.82) is 0 Å². The predicted molar refractivity (Wildman–Crippen MR) is 71.7 cm³/mol. The molecule has 1 saturated heterocycles. The van der Waals surface area contributed by atoms with Crippen LogP contribution in [0.25, 0.3) is 0 Å². The molecule has 1 aromatic rings. The fourth-order valence-corrected chi connectivity index (χ4v) is 2.06. The number of esters is 1. The summed E-state index contributed by atoms with van der Waals surface area (Å²) in [6, 6.07) is 6.28. The van der Waals surface area contributed by atoms with E-state index in [2.05, 4.69) is 4.74 Å². The zero-order valence-electron chi connectivity index (χ0n) is 11.8. The Bertz CT molecular complexity index is 502. The number of carbonyl (C=O) groups excluding carboxylic acids is 1. The summed E-state index contributed by atoms with van der Waals surface area (Å²) >= 11 is 0. The zero-order chi connectivity index (χ0) is 16.3. The SMILES string of the molecule is COC(=O)[C@H]1O[C@@H](Oc2ccc(CO)cc2)[C@H](O)[C@@H](O)[C@@H]1O. The molecule has 5 atom stereocenters. The molecule has 0 bridgehead atoms. The Balaban J connectivity index is 2.12. The van der Waals surface area contributed by atoms with Crippen LogP contribution in [-0.2, 0) is 20.9 Å². The largest absolute Gasteiger partial charge is 0.467 e. The van der Waals surface area contributed by atoms with Crippen LogP contribution in [0.2, 0.25) is 0 Å². The van der Waals surface area contributed by atoms with Gasteiger partial charge in [-0.3, -0.25) is 0 Å². The summed E-state index contributed by atoms with van der Waals surface area (Å²) in [5.74, 6) is -0.587. The zero-order valence-corrected chi connectivity index (χ0v) is 11.8. The topological polar surface area (TPSA) is 126 Å². The first-order valence-corrected chi connectivity index (χ1v) is 6.62. The van der Waals surface area contributed by atoms with Crippen molar-refractivity contribution in [3.05, 3.63) is 29.8 Å². The molecule has 1 heterocycles. The van der Waals surface area contributed by atoms with Crippen LogP contribution in [0.15, 0.2) is 24.3 Å². The standard InChI is InChI=1S/C14H18O8/c1-20-13(19)12-10(17)9(16)11(18)14(22-12)21-8-4-2-7(6-15)3-5-8/h2-5,9-12,14-18H,6H2,1H3/t9-,10-,11+,12-,14+/m0/s1. The van der Waals surface area contributed by atoms with Gasteiger partial charge in [-0.15, -0.1) is 0 Å². The minimum absolute atomic E-state index is 0.127. The molecule has 0 amide bonds. The van der Waals surface area contributed by atoms with E-state index < -0.39 is 36.7 Å². The van der Waals surface area contributed by atoms with Gasteiger partial charge in [-0.2, -0.15) is 0 Å². The number of aliphatic hydroxyl groups is 4. The molecule has 0 unspecified atom stereocenters. The smallest absolute Gasteiger partial charge is 0.337 e. The third-order valence-electron chi connectivity index (χ3n) is 3.36. The molecular formula is C14H18O8. The summed E-state index contributed by atoms with van der Waals surface area (Å²) in [5, 5.41) is 38.4. The van der Waals surface area contributed by atoms with Crippen LogP contribution in [0, 0.1) is 0 Å². The predicted octanol–water partition coefficient (Wildman–Crippen LogP) is -1.46. The maximum atomic E-state index is 11.5. The average molecular weight is 314 g/mol. The average Bonchev–Trinajstić information content (AvgIpc) is 2.55. The normalized spacial score (nSPS) is 31.6. The van der Waals surface area contributed by atoms with Crippen LogP contribution >= 0.6 is 0 Å². The lowest BCUT2D eigenvalue weighted by Crippen LogP contribution is -2.61. The molecule has 2 rings (SSSR count). The molecule has 1 aromatic carbocycles. The second-order valence-electron chi connectivity index (χ2n) is 4.84. The van der Waals surface area contributed by atoms with Gasteiger partial charge >= 0.3 is 5.97 Å². The highest BCUT2D eigenvalue weighted by Gasteiger charge is 2.48. The van der Waals surface area contributed by atoms with Gasteiger partial charge in [0.2, 0.25) is 6.29 Å². The first-order valence-electron chi connectivity index (χ1n) is 6.62. The number of hydrogen-bond donors (Lipinski definition) is 4. The Morgan fingerprint density at radius 3 is 2.32 bits per heavy atom. The molecule has 1 fully saturated rings. The van der Waals surface area contributed by atoms with E-state index in [0.717, 1.165) is 7.11 Å². The lowest BCUT2D eigenvalue weighted by molar-refractivity contribution is -0.271. The third kappa shape index (κ3) is 3.37. The summed E-state index contributed by atoms with van der Waals surface area (Å²) in [7, 11) is 1.11. The van der Waals surface area contributed by atoms with Crippen molar-refractivity contribution >= 4 is 5.97 Å². The number of carbonyl (C=O) groups is 1. The second-order valence-corrected chi connectivity index (χ2v) is 4.84. The number of hydrogen-bond acceptors (Lipinski definition) is 8. The molecule has 0 saturated carbocycles. The number of rotatable bonds is 4. The lowest BCUT2D eigenvalue weighted by atomic mass is 9.99. The Labute approximate surface area is 126 Å². The van der Waals surface area contributed by atoms with Crippen LogP contribution < -0.4 is 4.74 Å². The van der Waals surface area contributed by atoms with E-state index >= 15 is 0 Å². The quantitative estimate of drug-likeness (QED) is 0.497. The molecule has 1 aliphatic rings. The molecule has 8 heteroatoms. The minimum Gasteiger partial charge on any atom is -0.467 e. The van der Waals surface area contributed by atoms with Crippen LogP contribution in [-0.4, -0.2) is 64.2 Å². The Morgan fingerprint density at radius 1 is 1.14 bits per heavy atom. The van der Waals surface area contributed by atoms with E-state index in [0.29, 0.717) is 11.3 Å². The van der Waals surface area contributed by atoms with E-state index in [1.807, 2.05) is 0 Å². The summed E-state index contributed by atoms with van der Waals surface area (Å²) in [5.41, 5.74) is 0.667. The van der Waals surface area contributed by atoms with Gasteiger partial charge < -0.3 is 34.6 Å². The van der Waals surface area contributed by atoms with Gasteiger partial charge in [0.15, 0.2) is 6.10 Å². The number of methoxy groups -OCH3 is 1. The Hall–Kier alpha value is -1.71. The van der Waals surface area contributed by atoms with Crippen LogP contribution in [0.4, 0.5) is 0 Å². The molecule has 122 valence electrons. The van der Waals surface area contributed by atoms with Crippen molar-refractivity contribution in [2.75, 3.05) is 7.11 Å². The second kappa shape index (κ2) is 7.03. The number of ether oxygens (including phenoxy) is 3. The van der Waals surface area contributed by atoms with E-state index in [9.17, 15) is 20.1 Å². The third-order valence-corrected chi connectivity index (χ3v) is 3.36. The van der Waals surface area contributed by atoms with E-state index in [4.69, 9.17) is 14.6 Å². The molecule has 8 nitrogen and oxygen atoms in total. The van der Waals surface area contributed by atoms with Crippen molar-refractivity contribution < 1.29 is 39.4 Å². The fraction of sp³-hybridized carbons (Fsp3) is 0.500. The first-order chi connectivity index (χ1) is 10.5. The summed E-state index contributed by atoms with van der Waals surface area (Å²) in [6.45, 7) is -0.127. The molecule has 0 spiro atoms. The molecule has 4 N–H and O–H groups in total. The first kappa shape index (κ1) is 16.7. The van der Waals surface area contributed by atoms with Gasteiger partial charge in [0.25, 0.3) is 0 Å². The van der Waals surface area contributed by atoms with Crippen LogP contribution in [0.1, 0.15) is 5.56 Å². The highest BCUT2D eigenvalue weighted by atomic mass is 16.7. The highest BCUT2D eigenvalue weighted by Crippen LogP contribution is 2.25. The Kier molecular flexibility index (Phi) is 5.33. The van der Waals surface area contributed by atoms with Crippen LogP contribution in [0.5, 0.6) is 5.75 Å². The molecule has 0 aromatic heterocycles. The van der Waals surface area contributed by atoms with Gasteiger partial charge in [0.05, 0.1) is 13.7 Å². The Morgan fingerprint density at radius 2 is 1.77 bits per heavy atom. The van der Waals surface area contributed by atoms with E-state index in [1.54, 1.807) is 12.1 Å². The van der Waals surface area contributed by atoms with Gasteiger partial charge in [-0.25, -0.2) is 4.79 Å². The number of benzene rings is 1. The van der Waals surface area contributed by atoms with Gasteiger partial charge in [0.1, 0.15) is 24.1 Å². The lowest BCUT2D eigenvalue weighted by Gasteiger charge is -2.38. The van der Waals surface area contributed by atoms with Crippen molar-refractivity contribution in [2.45, 2.75) is 37.3 Å². The van der Waals surface area contributed by atoms with Gasteiger partial charge in [0, 0.05) is 0 Å². The van der Waals surface area contributed by atoms with Crippen molar-refractivity contribution in [3.8, 4) is 5.75 Å². The molecule has 1 aliphatic heterocycles.